The molecule has 1 fully saturated rings. The Bertz CT molecular complexity index is 538. The second kappa shape index (κ2) is 4.46. The molecule has 3 rings (SSSR count). The molecule has 2 aromatic rings. The Hall–Kier alpha value is -0.800. The van der Waals surface area contributed by atoms with Crippen LogP contribution in [0.2, 0.25) is 0 Å². The van der Waals surface area contributed by atoms with Crippen LogP contribution in [0.25, 0.3) is 5.52 Å². The van der Waals surface area contributed by atoms with Gasteiger partial charge >= 0.3 is 0 Å². The summed E-state index contributed by atoms with van der Waals surface area (Å²) >= 11 is 3.72. The molecule has 2 aromatic heterocycles. The summed E-state index contributed by atoms with van der Waals surface area (Å²) in [5.41, 5.74) is 4.06. The van der Waals surface area contributed by atoms with Gasteiger partial charge in [-0.05, 0) is 59.9 Å². The molecule has 90 valence electrons. The summed E-state index contributed by atoms with van der Waals surface area (Å²) in [6.45, 7) is 3.35. The molecule has 1 aliphatic heterocycles. The molecule has 1 atom stereocenters. The van der Waals surface area contributed by atoms with Gasteiger partial charge in [-0.25, -0.2) is 0 Å². The van der Waals surface area contributed by atoms with Crippen molar-refractivity contribution in [1.29, 1.82) is 0 Å². The van der Waals surface area contributed by atoms with Crippen molar-refractivity contribution in [2.24, 2.45) is 0 Å². The fraction of sp³-hybridized carbons (Fsp3) is 0.429. The summed E-state index contributed by atoms with van der Waals surface area (Å²) in [6, 6.07) is 6.87. The maximum Gasteiger partial charge on any atom is 0.0598 e. The topological polar surface area (TPSA) is 16.4 Å². The van der Waals surface area contributed by atoms with Crippen molar-refractivity contribution in [3.05, 3.63) is 40.1 Å². The van der Waals surface area contributed by atoms with E-state index in [-0.39, 0.29) is 0 Å². The first-order valence-corrected chi connectivity index (χ1v) is 7.07. The van der Waals surface area contributed by atoms with Gasteiger partial charge in [0, 0.05) is 22.4 Å². The molecule has 0 saturated carbocycles. The summed E-state index contributed by atoms with van der Waals surface area (Å²) in [4.78, 5) is 0. The van der Waals surface area contributed by atoms with Crippen LogP contribution in [0.15, 0.2) is 28.9 Å². The highest BCUT2D eigenvalue weighted by molar-refractivity contribution is 9.10. The molecule has 0 aromatic carbocycles. The minimum absolute atomic E-state index is 0.505. The predicted molar refractivity (Wildman–Crippen MR) is 74.4 cm³/mol. The third-order valence-corrected chi connectivity index (χ3v) is 4.70. The smallest absolute Gasteiger partial charge is 0.0598 e. The van der Waals surface area contributed by atoms with Crippen molar-refractivity contribution < 1.29 is 0 Å². The van der Waals surface area contributed by atoms with Gasteiger partial charge in [0.15, 0.2) is 0 Å². The molecule has 3 heteroatoms. The quantitative estimate of drug-likeness (QED) is 0.845. The van der Waals surface area contributed by atoms with Gasteiger partial charge in [0.05, 0.1) is 5.52 Å². The van der Waals surface area contributed by atoms with Crippen LogP contribution in [0.1, 0.15) is 36.6 Å². The second-order valence-electron chi connectivity index (χ2n) is 4.78. The number of halogens is 1. The largest absolute Gasteiger partial charge is 0.318 e. The van der Waals surface area contributed by atoms with Crippen molar-refractivity contribution >= 4 is 21.4 Å². The van der Waals surface area contributed by atoms with Crippen molar-refractivity contribution in [2.45, 2.75) is 32.2 Å². The number of pyridine rings is 1. The summed E-state index contributed by atoms with van der Waals surface area (Å²) in [5, 5.41) is 3.64. The maximum atomic E-state index is 3.72. The van der Waals surface area contributed by atoms with Crippen LogP contribution in [0.4, 0.5) is 0 Å². The molecule has 1 unspecified atom stereocenters. The van der Waals surface area contributed by atoms with E-state index in [1.807, 2.05) is 0 Å². The number of rotatable bonds is 1. The molecule has 0 aliphatic carbocycles. The molecule has 1 saturated heterocycles. The molecule has 17 heavy (non-hydrogen) atoms. The molecule has 1 aliphatic rings. The third kappa shape index (κ3) is 1.81. The van der Waals surface area contributed by atoms with Crippen LogP contribution >= 0.6 is 15.9 Å². The number of fused-ring (bicyclic) bond motifs is 1. The number of piperidine rings is 1. The van der Waals surface area contributed by atoms with Crippen LogP contribution in [-0.4, -0.2) is 10.9 Å². The molecule has 0 radical (unpaired) electrons. The van der Waals surface area contributed by atoms with Gasteiger partial charge < -0.3 is 9.72 Å². The maximum absolute atomic E-state index is 3.72. The van der Waals surface area contributed by atoms with E-state index >= 15 is 0 Å². The molecule has 2 nitrogen and oxygen atoms in total. The van der Waals surface area contributed by atoms with Crippen LogP contribution in [0, 0.1) is 6.92 Å². The third-order valence-electron chi connectivity index (χ3n) is 3.70. The Morgan fingerprint density at radius 2 is 2.24 bits per heavy atom. The first-order valence-electron chi connectivity index (χ1n) is 6.27. The Balaban J connectivity index is 2.17. The first-order chi connectivity index (χ1) is 8.29. The zero-order chi connectivity index (χ0) is 11.8. The van der Waals surface area contributed by atoms with Gasteiger partial charge in [-0.1, -0.05) is 12.5 Å². The lowest BCUT2D eigenvalue weighted by atomic mass is 10.00. The molecular formula is C14H17BrN2. The molecule has 0 bridgehead atoms. The minimum atomic E-state index is 0.505. The van der Waals surface area contributed by atoms with Crippen LogP contribution in [0.3, 0.4) is 0 Å². The molecule has 0 spiro atoms. The number of aromatic nitrogens is 1. The number of hydrogen-bond acceptors (Lipinski definition) is 1. The van der Waals surface area contributed by atoms with Gasteiger partial charge in [-0.3, -0.25) is 0 Å². The monoisotopic (exact) mass is 292 g/mol. The number of nitrogens with zero attached hydrogens (tertiary/aromatic N) is 1. The van der Waals surface area contributed by atoms with Gasteiger partial charge in [0.25, 0.3) is 0 Å². The van der Waals surface area contributed by atoms with E-state index in [0.717, 1.165) is 6.54 Å². The number of nitrogens with one attached hydrogen (secondary N) is 1. The highest BCUT2D eigenvalue weighted by atomic mass is 79.9. The van der Waals surface area contributed by atoms with Crippen molar-refractivity contribution in [2.75, 3.05) is 6.54 Å². The van der Waals surface area contributed by atoms with Crippen molar-refractivity contribution in [3.63, 3.8) is 0 Å². The fourth-order valence-corrected chi connectivity index (χ4v) is 3.36. The van der Waals surface area contributed by atoms with Crippen LogP contribution < -0.4 is 5.32 Å². The van der Waals surface area contributed by atoms with Crippen LogP contribution in [0.5, 0.6) is 0 Å². The highest BCUT2D eigenvalue weighted by Crippen LogP contribution is 2.34. The van der Waals surface area contributed by atoms with E-state index in [9.17, 15) is 0 Å². The van der Waals surface area contributed by atoms with Gasteiger partial charge in [-0.15, -0.1) is 0 Å². The Morgan fingerprint density at radius 1 is 1.35 bits per heavy atom. The van der Waals surface area contributed by atoms with Gasteiger partial charge in [0.2, 0.25) is 0 Å². The van der Waals surface area contributed by atoms with Gasteiger partial charge in [-0.2, -0.15) is 0 Å². The Kier molecular flexibility index (Phi) is 2.97. The summed E-state index contributed by atoms with van der Waals surface area (Å²) in [5.74, 6) is 0. The predicted octanol–water partition coefficient (Wildman–Crippen LogP) is 3.82. The summed E-state index contributed by atoms with van der Waals surface area (Å²) in [7, 11) is 0. The highest BCUT2D eigenvalue weighted by Gasteiger charge is 2.22. The number of hydrogen-bond donors (Lipinski definition) is 1. The minimum Gasteiger partial charge on any atom is -0.318 e. The first kappa shape index (κ1) is 11.3. The van der Waals surface area contributed by atoms with E-state index < -0.39 is 0 Å². The standard InChI is InChI=1S/C14H17BrN2/c1-10-13(15)12-7-3-5-9-17(12)14(10)11-6-2-4-8-16-11/h3,5,7,9,11,16H,2,4,6,8H2,1H3. The average molecular weight is 293 g/mol. The molecule has 3 heterocycles. The molecular weight excluding hydrogens is 276 g/mol. The zero-order valence-electron chi connectivity index (χ0n) is 10.0. The average Bonchev–Trinajstić information content (AvgIpc) is 2.64. The molecule has 0 amide bonds. The summed E-state index contributed by atoms with van der Waals surface area (Å²) in [6.07, 6.45) is 6.04. The van der Waals surface area contributed by atoms with E-state index in [2.05, 4.69) is 57.0 Å². The van der Waals surface area contributed by atoms with E-state index in [1.54, 1.807) is 0 Å². The lowest BCUT2D eigenvalue weighted by Crippen LogP contribution is -2.28. The van der Waals surface area contributed by atoms with E-state index in [1.165, 1.54) is 40.5 Å². The zero-order valence-corrected chi connectivity index (χ0v) is 11.6. The normalized spacial score (nSPS) is 20.9. The fourth-order valence-electron chi connectivity index (χ4n) is 2.83. The van der Waals surface area contributed by atoms with Crippen molar-refractivity contribution in [1.82, 2.24) is 9.72 Å². The lowest BCUT2D eigenvalue weighted by Gasteiger charge is -2.24. The Morgan fingerprint density at radius 3 is 3.00 bits per heavy atom. The summed E-state index contributed by atoms with van der Waals surface area (Å²) < 4.78 is 3.56. The van der Waals surface area contributed by atoms with E-state index in [4.69, 9.17) is 0 Å². The second-order valence-corrected chi connectivity index (χ2v) is 5.58. The van der Waals surface area contributed by atoms with Crippen LogP contribution in [-0.2, 0) is 0 Å². The lowest BCUT2D eigenvalue weighted by molar-refractivity contribution is 0.402. The van der Waals surface area contributed by atoms with Gasteiger partial charge in [0.1, 0.15) is 0 Å². The van der Waals surface area contributed by atoms with Crippen molar-refractivity contribution in [3.8, 4) is 0 Å². The van der Waals surface area contributed by atoms with E-state index in [0.29, 0.717) is 6.04 Å². The Labute approximate surface area is 110 Å². The molecule has 1 N–H and O–H groups in total. The SMILES string of the molecule is Cc1c(Br)c2ccccn2c1C1CCCCN1.